The van der Waals surface area contributed by atoms with Gasteiger partial charge in [0.2, 0.25) is 5.91 Å². The molecule has 0 aromatic heterocycles. The zero-order chi connectivity index (χ0) is 45.2. The highest BCUT2D eigenvalue weighted by Gasteiger charge is 2.24. The van der Waals surface area contributed by atoms with Gasteiger partial charge in [0, 0.05) is 6.42 Å². The summed E-state index contributed by atoms with van der Waals surface area (Å²) in [7, 11) is 0. The molecule has 3 unspecified atom stereocenters. The van der Waals surface area contributed by atoms with Crippen LogP contribution in [0.15, 0.2) is 12.2 Å². The normalized spacial score (nSPS) is 13.2. The van der Waals surface area contributed by atoms with Crippen LogP contribution in [0.3, 0.4) is 0 Å². The van der Waals surface area contributed by atoms with E-state index < -0.39 is 18.2 Å². The largest absolute Gasteiger partial charge is 0.462 e. The van der Waals surface area contributed by atoms with Crippen molar-refractivity contribution in [2.24, 2.45) is 0 Å². The molecular weight excluding hydrogens is 767 g/mol. The molecule has 3 atom stereocenters. The Morgan fingerprint density at radius 2 is 0.774 bits per heavy atom. The lowest BCUT2D eigenvalue weighted by atomic mass is 10.0. The number of allylic oxidation sites excluding steroid dienone is 2. The number of unbranched alkanes of at least 4 members (excludes halogenated alkanes) is 37. The summed E-state index contributed by atoms with van der Waals surface area (Å²) in [4.78, 5) is 26.2. The molecule has 0 fully saturated rings. The van der Waals surface area contributed by atoms with Crippen molar-refractivity contribution in [3.05, 3.63) is 12.2 Å². The molecule has 62 heavy (non-hydrogen) atoms. The molecule has 6 heteroatoms. The zero-order valence-corrected chi connectivity index (χ0v) is 42.0. The van der Waals surface area contributed by atoms with Gasteiger partial charge in [0.05, 0.1) is 25.2 Å². The Balaban J connectivity index is 4.47. The summed E-state index contributed by atoms with van der Waals surface area (Å²) in [5.74, 6) is -0.455. The second-order valence-corrected chi connectivity index (χ2v) is 19.3. The minimum absolute atomic E-state index is 0.0845. The molecule has 0 aliphatic rings. The lowest BCUT2D eigenvalue weighted by molar-refractivity contribution is -0.151. The number of aliphatic hydroxyl groups excluding tert-OH is 2. The zero-order valence-electron chi connectivity index (χ0n) is 42.0. The molecule has 0 bridgehead atoms. The van der Waals surface area contributed by atoms with Gasteiger partial charge in [-0.25, -0.2) is 0 Å². The highest BCUT2D eigenvalue weighted by Crippen LogP contribution is 2.19. The quantitative estimate of drug-likeness (QED) is 0.0321. The van der Waals surface area contributed by atoms with Crippen molar-refractivity contribution < 1.29 is 24.5 Å². The third-order valence-electron chi connectivity index (χ3n) is 13.1. The summed E-state index contributed by atoms with van der Waals surface area (Å²) in [6, 6.07) is -0.694. The van der Waals surface area contributed by atoms with Crippen molar-refractivity contribution in [1.29, 1.82) is 0 Å². The van der Waals surface area contributed by atoms with E-state index in [0.29, 0.717) is 19.3 Å². The van der Waals surface area contributed by atoms with Crippen LogP contribution < -0.4 is 5.32 Å². The number of rotatable bonds is 51. The van der Waals surface area contributed by atoms with Gasteiger partial charge in [0.25, 0.3) is 0 Å². The standard InChI is InChI=1S/C56H109NO5/c1-4-7-10-13-16-19-22-24-26-27-28-29-30-32-34-37-40-43-46-49-56(61)62-52(47-44-41-38-35-33-31-25-23-20-17-14-11-8-5-2)50-55(60)57-53(51-58)54(59)48-45-42-39-36-21-18-15-12-9-6-3/h24,26,52-54,58-59H,4-23,25,27-51H2,1-3H3,(H,57,60)/b26-24+. The summed E-state index contributed by atoms with van der Waals surface area (Å²) < 4.78 is 5.96. The SMILES string of the molecule is CCCCCCCC/C=C/CCCCCCCCCCCC(=O)OC(CCCCCCCCCCCCCCCC)CC(=O)NC(CO)C(O)CCCCCCCCCCCC. The Kier molecular flexibility index (Phi) is 49.5. The molecule has 0 radical (unpaired) electrons. The molecular formula is C56H109NO5. The Morgan fingerprint density at radius 1 is 0.452 bits per heavy atom. The Hall–Kier alpha value is -1.40. The predicted octanol–water partition coefficient (Wildman–Crippen LogP) is 16.9. The Bertz CT molecular complexity index is 939. The van der Waals surface area contributed by atoms with E-state index in [0.717, 1.165) is 44.9 Å². The first-order valence-corrected chi connectivity index (χ1v) is 27.9. The van der Waals surface area contributed by atoms with Crippen LogP contribution in [0.1, 0.15) is 310 Å². The van der Waals surface area contributed by atoms with Crippen LogP contribution in [-0.2, 0) is 14.3 Å². The van der Waals surface area contributed by atoms with Gasteiger partial charge in [-0.2, -0.15) is 0 Å². The molecule has 0 rings (SSSR count). The molecule has 0 saturated heterocycles. The maximum absolute atomic E-state index is 13.2. The van der Waals surface area contributed by atoms with E-state index in [1.54, 1.807) is 0 Å². The highest BCUT2D eigenvalue weighted by molar-refractivity contribution is 5.77. The number of carbonyl (C=O) groups is 2. The summed E-state index contributed by atoms with van der Waals surface area (Å²) in [6.45, 7) is 6.50. The summed E-state index contributed by atoms with van der Waals surface area (Å²) >= 11 is 0. The van der Waals surface area contributed by atoms with Gasteiger partial charge in [-0.05, 0) is 51.4 Å². The number of esters is 1. The maximum atomic E-state index is 13.2. The number of ether oxygens (including phenoxy) is 1. The Morgan fingerprint density at radius 3 is 1.15 bits per heavy atom. The molecule has 0 saturated carbocycles. The molecule has 1 amide bonds. The average molecular weight is 876 g/mol. The lowest BCUT2D eigenvalue weighted by Gasteiger charge is -2.24. The van der Waals surface area contributed by atoms with Crippen molar-refractivity contribution in [3.8, 4) is 0 Å². The topological polar surface area (TPSA) is 95.9 Å². The number of nitrogens with one attached hydrogen (secondary N) is 1. The first-order valence-electron chi connectivity index (χ1n) is 27.9. The maximum Gasteiger partial charge on any atom is 0.306 e. The van der Waals surface area contributed by atoms with E-state index in [1.807, 2.05) is 0 Å². The van der Waals surface area contributed by atoms with Crippen LogP contribution >= 0.6 is 0 Å². The fraction of sp³-hybridized carbons (Fsp3) is 0.929. The van der Waals surface area contributed by atoms with Crippen molar-refractivity contribution >= 4 is 11.9 Å². The molecule has 6 nitrogen and oxygen atoms in total. The first-order chi connectivity index (χ1) is 30.5. The predicted molar refractivity (Wildman–Crippen MR) is 269 cm³/mol. The lowest BCUT2D eigenvalue weighted by Crippen LogP contribution is -2.46. The number of aliphatic hydroxyl groups is 2. The van der Waals surface area contributed by atoms with Gasteiger partial charge in [-0.1, -0.05) is 258 Å². The molecule has 368 valence electrons. The van der Waals surface area contributed by atoms with Crippen LogP contribution in [0.25, 0.3) is 0 Å². The molecule has 0 aromatic carbocycles. The van der Waals surface area contributed by atoms with Crippen LogP contribution in [-0.4, -0.2) is 46.9 Å². The van der Waals surface area contributed by atoms with E-state index >= 15 is 0 Å². The van der Waals surface area contributed by atoms with Gasteiger partial charge in [0.15, 0.2) is 0 Å². The van der Waals surface area contributed by atoms with E-state index in [-0.39, 0.29) is 24.9 Å². The average Bonchev–Trinajstić information content (AvgIpc) is 3.26. The smallest absolute Gasteiger partial charge is 0.306 e. The first kappa shape index (κ1) is 60.6. The van der Waals surface area contributed by atoms with Crippen LogP contribution in [0.2, 0.25) is 0 Å². The number of hydrogen-bond acceptors (Lipinski definition) is 5. The van der Waals surface area contributed by atoms with E-state index in [2.05, 4.69) is 38.2 Å². The molecule has 0 aliphatic heterocycles. The molecule has 0 spiro atoms. The number of carbonyl (C=O) groups excluding carboxylic acids is 2. The van der Waals surface area contributed by atoms with Crippen molar-refractivity contribution in [2.45, 2.75) is 328 Å². The van der Waals surface area contributed by atoms with E-state index in [9.17, 15) is 19.8 Å². The summed E-state index contributed by atoms with van der Waals surface area (Å²) in [6.07, 6.45) is 57.1. The van der Waals surface area contributed by atoms with E-state index in [4.69, 9.17) is 4.74 Å². The number of hydrogen-bond donors (Lipinski definition) is 3. The highest BCUT2D eigenvalue weighted by atomic mass is 16.5. The Labute approximate surface area is 387 Å². The summed E-state index contributed by atoms with van der Waals surface area (Å²) in [5, 5.41) is 23.8. The van der Waals surface area contributed by atoms with E-state index in [1.165, 1.54) is 218 Å². The van der Waals surface area contributed by atoms with Crippen molar-refractivity contribution in [2.75, 3.05) is 6.61 Å². The fourth-order valence-corrected chi connectivity index (χ4v) is 8.84. The third-order valence-corrected chi connectivity index (χ3v) is 13.1. The summed E-state index contributed by atoms with van der Waals surface area (Å²) in [5.41, 5.74) is 0. The minimum Gasteiger partial charge on any atom is -0.462 e. The molecule has 0 heterocycles. The monoisotopic (exact) mass is 876 g/mol. The van der Waals surface area contributed by atoms with Gasteiger partial charge in [-0.3, -0.25) is 9.59 Å². The third kappa shape index (κ3) is 45.2. The molecule has 3 N–H and O–H groups in total. The van der Waals surface area contributed by atoms with Crippen molar-refractivity contribution in [1.82, 2.24) is 5.32 Å². The van der Waals surface area contributed by atoms with Gasteiger partial charge in [-0.15, -0.1) is 0 Å². The second kappa shape index (κ2) is 50.6. The van der Waals surface area contributed by atoms with Gasteiger partial charge >= 0.3 is 5.97 Å². The van der Waals surface area contributed by atoms with Gasteiger partial charge in [0.1, 0.15) is 6.10 Å². The fourth-order valence-electron chi connectivity index (χ4n) is 8.84. The van der Waals surface area contributed by atoms with Crippen LogP contribution in [0, 0.1) is 0 Å². The second-order valence-electron chi connectivity index (χ2n) is 19.3. The number of amides is 1. The van der Waals surface area contributed by atoms with Crippen LogP contribution in [0.5, 0.6) is 0 Å². The van der Waals surface area contributed by atoms with Crippen LogP contribution in [0.4, 0.5) is 0 Å². The molecule has 0 aromatic rings. The van der Waals surface area contributed by atoms with Gasteiger partial charge < -0.3 is 20.3 Å². The van der Waals surface area contributed by atoms with Crippen molar-refractivity contribution in [3.63, 3.8) is 0 Å². The minimum atomic E-state index is -0.781. The molecule has 0 aliphatic carbocycles.